The zero-order valence-corrected chi connectivity index (χ0v) is 17.8. The first-order valence-electron chi connectivity index (χ1n) is 9.58. The summed E-state index contributed by atoms with van der Waals surface area (Å²) in [4.78, 5) is 25.4. The lowest BCUT2D eigenvalue weighted by molar-refractivity contribution is -0.139. The number of rotatable bonds is 6. The standard InChI is InChI=1S/C20H23F3N4O3S/c1-10(2)27-7-6-11(9-27)30-16-12(4-3-5-14(16)20(21,22)23)15-8-13(17(24)28)18(31-15)26-19(25)29/h3-5,8,10-11H,6-7,9H2,1-2H3,(H2,24,28)(H3,25,26,29). The lowest BCUT2D eigenvalue weighted by Crippen LogP contribution is -2.30. The molecule has 1 fully saturated rings. The van der Waals surface area contributed by atoms with E-state index in [0.717, 1.165) is 23.9 Å². The van der Waals surface area contributed by atoms with Gasteiger partial charge in [-0.15, -0.1) is 11.3 Å². The molecule has 2 heterocycles. The summed E-state index contributed by atoms with van der Waals surface area (Å²) < 4.78 is 47.2. The number of thiophene rings is 1. The van der Waals surface area contributed by atoms with Gasteiger partial charge < -0.3 is 16.2 Å². The highest BCUT2D eigenvalue weighted by Gasteiger charge is 2.37. The third kappa shape index (κ3) is 5.10. The molecule has 5 N–H and O–H groups in total. The Morgan fingerprint density at radius 3 is 2.55 bits per heavy atom. The van der Waals surface area contributed by atoms with Crippen LogP contribution >= 0.6 is 11.3 Å². The molecule has 11 heteroatoms. The van der Waals surface area contributed by atoms with Gasteiger partial charge >= 0.3 is 12.2 Å². The largest absolute Gasteiger partial charge is 0.488 e. The monoisotopic (exact) mass is 456 g/mol. The molecule has 0 aliphatic carbocycles. The van der Waals surface area contributed by atoms with E-state index in [2.05, 4.69) is 10.2 Å². The number of nitrogens with two attached hydrogens (primary N) is 2. The van der Waals surface area contributed by atoms with Crippen LogP contribution in [-0.4, -0.2) is 42.1 Å². The lowest BCUT2D eigenvalue weighted by atomic mass is 10.1. The Kier molecular flexibility index (Phi) is 6.46. The second kappa shape index (κ2) is 8.75. The van der Waals surface area contributed by atoms with Gasteiger partial charge in [0.05, 0.1) is 11.1 Å². The fourth-order valence-corrected chi connectivity index (χ4v) is 4.57. The third-order valence-electron chi connectivity index (χ3n) is 5.01. The maximum atomic E-state index is 13.8. The topological polar surface area (TPSA) is 111 Å². The molecule has 0 radical (unpaired) electrons. The molecule has 1 aromatic carbocycles. The maximum absolute atomic E-state index is 13.8. The number of alkyl halides is 3. The smallest absolute Gasteiger partial charge is 0.419 e. The number of carbonyl (C=O) groups is 2. The molecule has 31 heavy (non-hydrogen) atoms. The van der Waals surface area contributed by atoms with Crippen LogP contribution in [0, 0.1) is 0 Å². The van der Waals surface area contributed by atoms with Crippen molar-refractivity contribution < 1.29 is 27.5 Å². The number of primary amides is 2. The Hall–Kier alpha value is -2.79. The molecular weight excluding hydrogens is 433 g/mol. The molecule has 3 rings (SSSR count). The third-order valence-corrected chi connectivity index (χ3v) is 6.10. The number of benzene rings is 1. The molecule has 1 aromatic heterocycles. The minimum atomic E-state index is -4.64. The van der Waals surface area contributed by atoms with Gasteiger partial charge in [0.25, 0.3) is 5.91 Å². The van der Waals surface area contributed by atoms with Gasteiger partial charge in [-0.25, -0.2) is 4.79 Å². The van der Waals surface area contributed by atoms with Crippen LogP contribution in [-0.2, 0) is 6.18 Å². The Morgan fingerprint density at radius 2 is 2.00 bits per heavy atom. The van der Waals surface area contributed by atoms with E-state index in [0.29, 0.717) is 13.0 Å². The first kappa shape index (κ1) is 22.9. The van der Waals surface area contributed by atoms with E-state index in [-0.39, 0.29) is 32.8 Å². The van der Waals surface area contributed by atoms with Gasteiger partial charge in [-0.2, -0.15) is 13.2 Å². The minimum Gasteiger partial charge on any atom is -0.488 e. The van der Waals surface area contributed by atoms with Gasteiger partial charge in [0.15, 0.2) is 0 Å². The second-order valence-corrected chi connectivity index (χ2v) is 8.56. The summed E-state index contributed by atoms with van der Waals surface area (Å²) in [5, 5.41) is 2.35. The van der Waals surface area contributed by atoms with Crippen LogP contribution in [0.15, 0.2) is 24.3 Å². The van der Waals surface area contributed by atoms with Crippen molar-refractivity contribution in [2.45, 2.75) is 38.6 Å². The highest BCUT2D eigenvalue weighted by atomic mass is 32.1. The number of hydrogen-bond donors (Lipinski definition) is 3. The summed E-state index contributed by atoms with van der Waals surface area (Å²) in [6.45, 7) is 5.27. The van der Waals surface area contributed by atoms with Gasteiger partial charge in [-0.05, 0) is 38.5 Å². The fraction of sp³-hybridized carbons (Fsp3) is 0.400. The predicted molar refractivity (Wildman–Crippen MR) is 112 cm³/mol. The summed E-state index contributed by atoms with van der Waals surface area (Å²) in [6.07, 6.45) is -4.46. The van der Waals surface area contributed by atoms with Crippen molar-refractivity contribution in [2.24, 2.45) is 11.5 Å². The van der Waals surface area contributed by atoms with Crippen molar-refractivity contribution in [3.63, 3.8) is 0 Å². The van der Waals surface area contributed by atoms with Crippen molar-refractivity contribution in [1.29, 1.82) is 0 Å². The molecule has 2 aromatic rings. The number of hydrogen-bond acceptors (Lipinski definition) is 5. The van der Waals surface area contributed by atoms with Crippen molar-refractivity contribution >= 4 is 28.3 Å². The van der Waals surface area contributed by atoms with Crippen molar-refractivity contribution in [3.05, 3.63) is 35.4 Å². The van der Waals surface area contributed by atoms with Crippen LogP contribution < -0.4 is 21.5 Å². The van der Waals surface area contributed by atoms with E-state index in [1.54, 1.807) is 0 Å². The number of para-hydroxylation sites is 1. The Balaban J connectivity index is 2.07. The summed E-state index contributed by atoms with van der Waals surface area (Å²) >= 11 is 0.896. The van der Waals surface area contributed by atoms with Crippen LogP contribution in [0.5, 0.6) is 5.75 Å². The first-order valence-corrected chi connectivity index (χ1v) is 10.4. The van der Waals surface area contributed by atoms with Crippen LogP contribution in [0.4, 0.5) is 23.0 Å². The molecule has 0 bridgehead atoms. The molecule has 7 nitrogen and oxygen atoms in total. The molecule has 168 valence electrons. The SMILES string of the molecule is CC(C)N1CCC(Oc2c(-c3cc(C(N)=O)c(NC(N)=O)s3)cccc2C(F)(F)F)C1. The summed E-state index contributed by atoms with van der Waals surface area (Å²) in [5.41, 5.74) is 9.68. The minimum absolute atomic E-state index is 0.0472. The molecule has 0 saturated carbocycles. The van der Waals surface area contributed by atoms with Crippen molar-refractivity contribution in [1.82, 2.24) is 4.90 Å². The number of amides is 3. The number of likely N-dealkylation sites (tertiary alicyclic amines) is 1. The molecule has 1 atom stereocenters. The van der Waals surface area contributed by atoms with Crippen molar-refractivity contribution in [2.75, 3.05) is 18.4 Å². The van der Waals surface area contributed by atoms with E-state index >= 15 is 0 Å². The van der Waals surface area contributed by atoms with Crippen LogP contribution in [0.25, 0.3) is 10.4 Å². The van der Waals surface area contributed by atoms with E-state index in [4.69, 9.17) is 16.2 Å². The van der Waals surface area contributed by atoms with Crippen LogP contribution in [0.1, 0.15) is 36.2 Å². The zero-order chi connectivity index (χ0) is 22.9. The predicted octanol–water partition coefficient (Wildman–Crippen LogP) is 3.88. The first-order chi connectivity index (χ1) is 14.5. The lowest BCUT2D eigenvalue weighted by Gasteiger charge is -2.23. The number of halogens is 3. The summed E-state index contributed by atoms with van der Waals surface area (Å²) in [5.74, 6) is -1.16. The average Bonchev–Trinajstić information content (AvgIpc) is 3.28. The van der Waals surface area contributed by atoms with E-state index < -0.39 is 29.8 Å². The number of nitrogens with one attached hydrogen (secondary N) is 1. The second-order valence-electron chi connectivity index (χ2n) is 7.50. The van der Waals surface area contributed by atoms with E-state index in [1.807, 2.05) is 13.8 Å². The Labute approximate surface area is 181 Å². The van der Waals surface area contributed by atoms with E-state index in [9.17, 15) is 22.8 Å². The highest BCUT2D eigenvalue weighted by Crippen LogP contribution is 2.46. The van der Waals surface area contributed by atoms with Gasteiger partial charge in [0, 0.05) is 29.6 Å². The van der Waals surface area contributed by atoms with Gasteiger partial charge in [0.2, 0.25) is 0 Å². The maximum Gasteiger partial charge on any atom is 0.419 e. The number of urea groups is 1. The normalized spacial score (nSPS) is 17.2. The molecule has 1 saturated heterocycles. The molecule has 0 spiro atoms. The number of anilines is 1. The quantitative estimate of drug-likeness (QED) is 0.612. The number of carbonyl (C=O) groups excluding carboxylic acids is 2. The summed E-state index contributed by atoms with van der Waals surface area (Å²) in [6, 6.07) is 4.37. The van der Waals surface area contributed by atoms with Crippen molar-refractivity contribution in [3.8, 4) is 16.2 Å². The average molecular weight is 456 g/mol. The molecule has 1 aliphatic heterocycles. The van der Waals surface area contributed by atoms with Gasteiger partial charge in [-0.3, -0.25) is 15.0 Å². The zero-order valence-electron chi connectivity index (χ0n) is 17.0. The highest BCUT2D eigenvalue weighted by molar-refractivity contribution is 7.20. The number of ether oxygens (including phenoxy) is 1. The molecule has 1 aliphatic rings. The van der Waals surface area contributed by atoms with Crippen LogP contribution in [0.3, 0.4) is 0 Å². The van der Waals surface area contributed by atoms with Crippen LogP contribution in [0.2, 0.25) is 0 Å². The molecule has 3 amide bonds. The van der Waals surface area contributed by atoms with Gasteiger partial charge in [-0.1, -0.05) is 6.07 Å². The number of nitrogens with zero attached hydrogens (tertiary/aromatic N) is 1. The van der Waals surface area contributed by atoms with Gasteiger partial charge in [0.1, 0.15) is 16.9 Å². The fourth-order valence-electron chi connectivity index (χ4n) is 3.48. The van der Waals surface area contributed by atoms with E-state index in [1.165, 1.54) is 18.2 Å². The Morgan fingerprint density at radius 1 is 1.29 bits per heavy atom. The summed E-state index contributed by atoms with van der Waals surface area (Å²) in [7, 11) is 0. The Bertz CT molecular complexity index is 991. The molecule has 1 unspecified atom stereocenters. The molecular formula is C20H23F3N4O3S.